The van der Waals surface area contributed by atoms with Crippen molar-refractivity contribution in [1.82, 2.24) is 14.9 Å². The first-order valence-corrected chi connectivity index (χ1v) is 14.7. The van der Waals surface area contributed by atoms with Gasteiger partial charge in [0.05, 0.1) is 40.3 Å². The third kappa shape index (κ3) is 6.45. The molecule has 0 bridgehead atoms. The van der Waals surface area contributed by atoms with Gasteiger partial charge in [-0.05, 0) is 62.9 Å². The summed E-state index contributed by atoms with van der Waals surface area (Å²) in [6.45, 7) is 6.45. The molecule has 5 rings (SSSR count). The average Bonchev–Trinajstić information content (AvgIpc) is 3.37. The number of nitrogens with zero attached hydrogens (tertiary/aromatic N) is 4. The molecule has 1 saturated heterocycles. The van der Waals surface area contributed by atoms with Gasteiger partial charge in [-0.1, -0.05) is 31.0 Å². The molecular formula is C33H34ClN5O4. The van der Waals surface area contributed by atoms with Crippen LogP contribution in [0.15, 0.2) is 54.9 Å². The van der Waals surface area contributed by atoms with Gasteiger partial charge in [0.2, 0.25) is 0 Å². The van der Waals surface area contributed by atoms with Crippen LogP contribution in [0.1, 0.15) is 56.4 Å². The van der Waals surface area contributed by atoms with Crippen LogP contribution in [0, 0.1) is 18.3 Å². The summed E-state index contributed by atoms with van der Waals surface area (Å²) in [5, 5.41) is 14.2. The van der Waals surface area contributed by atoms with Crippen LogP contribution in [0.4, 0.5) is 16.2 Å². The van der Waals surface area contributed by atoms with Crippen molar-refractivity contribution in [3.8, 4) is 23.3 Å². The Hall–Kier alpha value is -4.55. The molecule has 9 nitrogen and oxygen atoms in total. The molecule has 10 heteroatoms. The topological polar surface area (TPSA) is 110 Å². The number of likely N-dealkylation sites (tertiary alicyclic amines) is 1. The van der Waals surface area contributed by atoms with Crippen molar-refractivity contribution in [2.45, 2.75) is 65.1 Å². The summed E-state index contributed by atoms with van der Waals surface area (Å²) < 4.78 is 17.4. The molecular weight excluding hydrogens is 566 g/mol. The van der Waals surface area contributed by atoms with E-state index in [9.17, 15) is 10.1 Å². The molecule has 1 aliphatic heterocycles. The first-order valence-electron chi connectivity index (χ1n) is 14.3. The van der Waals surface area contributed by atoms with E-state index in [1.54, 1.807) is 36.5 Å². The van der Waals surface area contributed by atoms with Crippen molar-refractivity contribution >= 4 is 40.0 Å². The van der Waals surface area contributed by atoms with Crippen LogP contribution < -0.4 is 19.5 Å². The maximum atomic E-state index is 13.3. The molecule has 43 heavy (non-hydrogen) atoms. The number of rotatable bonds is 9. The molecule has 1 aliphatic rings. The number of nitriles is 1. The summed E-state index contributed by atoms with van der Waals surface area (Å²) in [6.07, 6.45) is 6.64. The smallest absolute Gasteiger partial charge is 0.415 e. The molecule has 2 aromatic heterocycles. The summed E-state index contributed by atoms with van der Waals surface area (Å²) >= 11 is 6.64. The molecule has 1 N–H and O–H groups in total. The van der Waals surface area contributed by atoms with Gasteiger partial charge in [-0.3, -0.25) is 9.97 Å². The van der Waals surface area contributed by atoms with Crippen molar-refractivity contribution in [2.75, 3.05) is 12.4 Å². The average molecular weight is 600 g/mol. The van der Waals surface area contributed by atoms with Crippen LogP contribution in [-0.2, 0) is 6.61 Å². The summed E-state index contributed by atoms with van der Waals surface area (Å²) in [5.41, 5.74) is 3.80. The number of pyridine rings is 2. The molecule has 0 saturated carbocycles. The molecule has 2 aromatic carbocycles. The fourth-order valence-corrected chi connectivity index (χ4v) is 5.68. The highest BCUT2D eigenvalue weighted by atomic mass is 35.5. The number of aryl methyl sites for hydroxylation is 1. The molecule has 1 fully saturated rings. The minimum Gasteiger partial charge on any atom is -0.493 e. The Morgan fingerprint density at radius 3 is 2.74 bits per heavy atom. The number of nitrogens with one attached hydrogen (secondary N) is 1. The zero-order valence-electron chi connectivity index (χ0n) is 24.7. The van der Waals surface area contributed by atoms with Crippen molar-refractivity contribution in [1.29, 1.82) is 5.26 Å². The van der Waals surface area contributed by atoms with E-state index in [0.29, 0.717) is 51.0 Å². The molecule has 3 heterocycles. The third-order valence-corrected chi connectivity index (χ3v) is 8.10. The lowest BCUT2D eigenvalue weighted by Crippen LogP contribution is -2.41. The number of benzene rings is 2. The van der Waals surface area contributed by atoms with E-state index in [1.165, 1.54) is 13.3 Å². The lowest BCUT2D eigenvalue weighted by molar-refractivity contribution is 0.128. The van der Waals surface area contributed by atoms with Crippen LogP contribution >= 0.6 is 11.6 Å². The Labute approximate surface area is 256 Å². The monoisotopic (exact) mass is 599 g/mol. The van der Waals surface area contributed by atoms with Crippen LogP contribution in [0.2, 0.25) is 5.02 Å². The molecule has 222 valence electrons. The highest BCUT2D eigenvalue weighted by Crippen LogP contribution is 2.39. The number of anilines is 2. The zero-order chi connectivity index (χ0) is 30.5. The largest absolute Gasteiger partial charge is 0.493 e. The minimum atomic E-state index is -0.402. The number of aromatic nitrogens is 2. The standard InChI is InChI=1S/C33H34ClN5O4/c1-5-7-23-10-9-21(3)39(23)33(40)43-31-16-28-25(15-30(31)41-4)32(22(17-35)18-37-28)38-27-12-11-24(14-26(27)34)42-19-29-20(2)8-6-13-36-29/h6,8,11-16,18,21,23H,5,7,9-10,19H2,1-4H3,(H,37,38). The Bertz CT molecular complexity index is 1690. The maximum Gasteiger partial charge on any atom is 0.415 e. The molecule has 1 amide bonds. The Kier molecular flexibility index (Phi) is 9.17. The van der Waals surface area contributed by atoms with E-state index in [-0.39, 0.29) is 17.8 Å². The first-order chi connectivity index (χ1) is 20.8. The second-order valence-electron chi connectivity index (χ2n) is 10.6. The zero-order valence-corrected chi connectivity index (χ0v) is 25.4. The molecule has 4 aromatic rings. The van der Waals surface area contributed by atoms with Gasteiger partial charge in [0, 0.05) is 42.0 Å². The number of fused-ring (bicyclic) bond motifs is 1. The fourth-order valence-electron chi connectivity index (χ4n) is 5.47. The molecule has 2 unspecified atom stereocenters. The lowest BCUT2D eigenvalue weighted by atomic mass is 10.1. The SMILES string of the molecule is CCCC1CCC(C)N1C(=O)Oc1cc2ncc(C#N)c(Nc3ccc(OCc4ncccc4C)cc3Cl)c2cc1OC. The van der Waals surface area contributed by atoms with Gasteiger partial charge in [-0.2, -0.15) is 5.26 Å². The van der Waals surface area contributed by atoms with Crippen LogP contribution in [-0.4, -0.2) is 40.2 Å². The van der Waals surface area contributed by atoms with E-state index in [4.69, 9.17) is 25.8 Å². The maximum absolute atomic E-state index is 13.3. The third-order valence-electron chi connectivity index (χ3n) is 7.78. The predicted octanol–water partition coefficient (Wildman–Crippen LogP) is 7.95. The number of hydrogen-bond donors (Lipinski definition) is 1. The van der Waals surface area contributed by atoms with Gasteiger partial charge in [-0.15, -0.1) is 0 Å². The highest BCUT2D eigenvalue weighted by Gasteiger charge is 2.35. The number of amides is 1. The Morgan fingerprint density at radius 2 is 2.02 bits per heavy atom. The van der Waals surface area contributed by atoms with Crippen LogP contribution in [0.25, 0.3) is 10.9 Å². The molecule has 0 radical (unpaired) electrons. The molecule has 0 spiro atoms. The summed E-state index contributed by atoms with van der Waals surface area (Å²) in [6, 6.07) is 15.0. The van der Waals surface area contributed by atoms with Gasteiger partial charge in [-0.25, -0.2) is 4.79 Å². The summed E-state index contributed by atoms with van der Waals surface area (Å²) in [7, 11) is 1.51. The Balaban J connectivity index is 1.41. The van der Waals surface area contributed by atoms with E-state index >= 15 is 0 Å². The normalized spacial score (nSPS) is 16.1. The number of carbonyl (C=O) groups is 1. The van der Waals surface area contributed by atoms with E-state index < -0.39 is 6.09 Å². The lowest BCUT2D eigenvalue weighted by Gasteiger charge is -2.27. The van der Waals surface area contributed by atoms with Crippen molar-refractivity contribution in [3.05, 3.63) is 76.7 Å². The van der Waals surface area contributed by atoms with Crippen LogP contribution in [0.5, 0.6) is 17.2 Å². The summed E-state index contributed by atoms with van der Waals surface area (Å²) in [5.74, 6) is 1.20. The van der Waals surface area contributed by atoms with Crippen molar-refractivity contribution in [3.63, 3.8) is 0 Å². The predicted molar refractivity (Wildman–Crippen MR) is 166 cm³/mol. The molecule has 0 aliphatic carbocycles. The minimum absolute atomic E-state index is 0.100. The second kappa shape index (κ2) is 13.2. The Morgan fingerprint density at radius 1 is 1.19 bits per heavy atom. The fraction of sp³-hybridized carbons (Fsp3) is 0.333. The van der Waals surface area contributed by atoms with Crippen LogP contribution in [0.3, 0.4) is 0 Å². The highest BCUT2D eigenvalue weighted by molar-refractivity contribution is 6.33. The van der Waals surface area contributed by atoms with E-state index in [0.717, 1.165) is 36.9 Å². The van der Waals surface area contributed by atoms with Gasteiger partial charge < -0.3 is 24.4 Å². The number of methoxy groups -OCH3 is 1. The number of ether oxygens (including phenoxy) is 3. The molecule has 2 atom stereocenters. The van der Waals surface area contributed by atoms with Gasteiger partial charge in [0.1, 0.15) is 18.4 Å². The number of carbonyl (C=O) groups excluding carboxylic acids is 1. The number of halogens is 1. The quantitative estimate of drug-likeness (QED) is 0.206. The van der Waals surface area contributed by atoms with Gasteiger partial charge in [0.25, 0.3) is 0 Å². The van der Waals surface area contributed by atoms with Crippen molar-refractivity contribution in [2.24, 2.45) is 0 Å². The second-order valence-corrected chi connectivity index (χ2v) is 11.1. The first kappa shape index (κ1) is 29.9. The number of hydrogen-bond acceptors (Lipinski definition) is 8. The van der Waals surface area contributed by atoms with E-state index in [2.05, 4.69) is 28.3 Å². The summed E-state index contributed by atoms with van der Waals surface area (Å²) in [4.78, 5) is 23.9. The van der Waals surface area contributed by atoms with Gasteiger partial charge >= 0.3 is 6.09 Å². The van der Waals surface area contributed by atoms with E-state index in [1.807, 2.05) is 30.9 Å². The van der Waals surface area contributed by atoms with Crippen molar-refractivity contribution < 1.29 is 19.0 Å². The van der Waals surface area contributed by atoms with Gasteiger partial charge in [0.15, 0.2) is 11.5 Å².